The maximum atomic E-state index is 9.19. The lowest BCUT2D eigenvalue weighted by Crippen LogP contribution is -2.20. The summed E-state index contributed by atoms with van der Waals surface area (Å²) in [4.78, 5) is 0.988. The number of nitrogens with zero attached hydrogens (tertiary/aromatic N) is 1. The Bertz CT molecular complexity index is 440. The Morgan fingerprint density at radius 3 is 3.00 bits per heavy atom. The number of anilines is 1. The molecule has 4 heteroatoms. The fourth-order valence-corrected chi connectivity index (χ4v) is 2.08. The first-order valence-corrected chi connectivity index (χ1v) is 6.98. The second kappa shape index (κ2) is 7.80. The molecule has 0 aliphatic rings. The van der Waals surface area contributed by atoms with Gasteiger partial charge in [0.2, 0.25) is 0 Å². The molecule has 0 amide bonds. The average molecular weight is 262 g/mol. The zero-order valence-electron chi connectivity index (χ0n) is 10.8. The van der Waals surface area contributed by atoms with E-state index in [9.17, 15) is 5.26 Å². The molecule has 1 aromatic rings. The van der Waals surface area contributed by atoms with Crippen molar-refractivity contribution in [3.63, 3.8) is 0 Å². The minimum Gasteiger partial charge on any atom is -0.381 e. The van der Waals surface area contributed by atoms with Gasteiger partial charge in [0.05, 0.1) is 24.0 Å². The third kappa shape index (κ3) is 4.10. The number of nitrogens with one attached hydrogen (secondary N) is 1. The lowest BCUT2D eigenvalue weighted by molar-refractivity contribution is 0.0980. The standard InChI is InChI=1S/C14H18N2OS/c1-4-8-17-11(2)10-16-13-6-5-7-14(18-3)12(13)9-15/h4-7,11,16H,1,8,10H2,2-3H3. The van der Waals surface area contributed by atoms with Gasteiger partial charge in [0.1, 0.15) is 6.07 Å². The number of hydrogen-bond donors (Lipinski definition) is 1. The summed E-state index contributed by atoms with van der Waals surface area (Å²) in [6.45, 7) is 6.80. The molecule has 1 unspecified atom stereocenters. The van der Waals surface area contributed by atoms with E-state index >= 15 is 0 Å². The number of ether oxygens (including phenoxy) is 1. The lowest BCUT2D eigenvalue weighted by Gasteiger charge is -2.15. The van der Waals surface area contributed by atoms with Crippen LogP contribution in [0, 0.1) is 11.3 Å². The maximum Gasteiger partial charge on any atom is 0.102 e. The highest BCUT2D eigenvalue weighted by atomic mass is 32.2. The smallest absolute Gasteiger partial charge is 0.102 e. The van der Waals surface area contributed by atoms with Crippen LogP contribution < -0.4 is 5.32 Å². The highest BCUT2D eigenvalue weighted by molar-refractivity contribution is 7.98. The Hall–Kier alpha value is -1.44. The van der Waals surface area contributed by atoms with E-state index in [0.717, 1.165) is 10.6 Å². The Kier molecular flexibility index (Phi) is 6.34. The van der Waals surface area contributed by atoms with Crippen molar-refractivity contribution in [3.05, 3.63) is 36.4 Å². The van der Waals surface area contributed by atoms with Gasteiger partial charge in [-0.2, -0.15) is 5.26 Å². The first-order chi connectivity index (χ1) is 8.72. The van der Waals surface area contributed by atoms with Crippen LogP contribution in [0.25, 0.3) is 0 Å². The van der Waals surface area contributed by atoms with E-state index in [1.54, 1.807) is 17.8 Å². The Morgan fingerprint density at radius 1 is 1.61 bits per heavy atom. The van der Waals surface area contributed by atoms with Gasteiger partial charge in [0.15, 0.2) is 0 Å². The zero-order chi connectivity index (χ0) is 13.4. The molecule has 1 N–H and O–H groups in total. The van der Waals surface area contributed by atoms with Gasteiger partial charge in [0, 0.05) is 11.4 Å². The van der Waals surface area contributed by atoms with Crippen molar-refractivity contribution in [1.29, 1.82) is 5.26 Å². The van der Waals surface area contributed by atoms with Gasteiger partial charge in [-0.05, 0) is 25.3 Å². The topological polar surface area (TPSA) is 45.0 Å². The molecule has 1 aromatic carbocycles. The van der Waals surface area contributed by atoms with Crippen LogP contribution in [0.4, 0.5) is 5.69 Å². The number of nitriles is 1. The second-order valence-electron chi connectivity index (χ2n) is 3.81. The van der Waals surface area contributed by atoms with Crippen molar-refractivity contribution >= 4 is 17.4 Å². The molecule has 0 radical (unpaired) electrons. The number of benzene rings is 1. The third-order valence-corrected chi connectivity index (χ3v) is 3.22. The van der Waals surface area contributed by atoms with Crippen molar-refractivity contribution in [1.82, 2.24) is 0 Å². The first-order valence-electron chi connectivity index (χ1n) is 5.76. The fraction of sp³-hybridized carbons (Fsp3) is 0.357. The van der Waals surface area contributed by atoms with Crippen LogP contribution in [-0.2, 0) is 4.74 Å². The van der Waals surface area contributed by atoms with Crippen LogP contribution in [0.15, 0.2) is 35.7 Å². The van der Waals surface area contributed by atoms with E-state index in [1.807, 2.05) is 31.4 Å². The molecule has 1 rings (SSSR count). The molecule has 0 heterocycles. The summed E-state index contributed by atoms with van der Waals surface area (Å²) in [5, 5.41) is 12.4. The molecule has 0 bridgehead atoms. The molecule has 1 atom stereocenters. The zero-order valence-corrected chi connectivity index (χ0v) is 11.6. The van der Waals surface area contributed by atoms with Crippen molar-refractivity contribution in [3.8, 4) is 6.07 Å². The number of rotatable bonds is 7. The van der Waals surface area contributed by atoms with Crippen LogP contribution in [0.2, 0.25) is 0 Å². The number of thioether (sulfide) groups is 1. The molecule has 0 spiro atoms. The Morgan fingerprint density at radius 2 is 2.39 bits per heavy atom. The van der Waals surface area contributed by atoms with Gasteiger partial charge < -0.3 is 10.1 Å². The SMILES string of the molecule is C=CCOC(C)CNc1cccc(SC)c1C#N. The number of hydrogen-bond acceptors (Lipinski definition) is 4. The minimum atomic E-state index is 0.0764. The van der Waals surface area contributed by atoms with Gasteiger partial charge in [-0.3, -0.25) is 0 Å². The third-order valence-electron chi connectivity index (χ3n) is 2.44. The summed E-state index contributed by atoms with van der Waals surface area (Å²) >= 11 is 1.58. The van der Waals surface area contributed by atoms with E-state index in [-0.39, 0.29) is 6.10 Å². The molecule has 96 valence electrons. The van der Waals surface area contributed by atoms with Crippen LogP contribution in [-0.4, -0.2) is 25.5 Å². The highest BCUT2D eigenvalue weighted by Crippen LogP contribution is 2.26. The average Bonchev–Trinajstić information content (AvgIpc) is 2.41. The molecule has 0 saturated carbocycles. The molecule has 0 aliphatic carbocycles. The van der Waals surface area contributed by atoms with E-state index < -0.39 is 0 Å². The molecule has 18 heavy (non-hydrogen) atoms. The summed E-state index contributed by atoms with van der Waals surface area (Å²) in [6, 6.07) is 8.06. The largest absolute Gasteiger partial charge is 0.381 e. The highest BCUT2D eigenvalue weighted by Gasteiger charge is 2.08. The normalized spacial score (nSPS) is 11.6. The van der Waals surface area contributed by atoms with Crippen LogP contribution in [0.1, 0.15) is 12.5 Å². The Labute approximate surface area is 113 Å². The van der Waals surface area contributed by atoms with Crippen LogP contribution in [0.5, 0.6) is 0 Å². The van der Waals surface area contributed by atoms with E-state index in [1.165, 1.54) is 0 Å². The van der Waals surface area contributed by atoms with Gasteiger partial charge in [-0.25, -0.2) is 0 Å². The molecular formula is C14H18N2OS. The summed E-state index contributed by atoms with van der Waals surface area (Å²) < 4.78 is 5.47. The molecule has 0 fully saturated rings. The predicted octanol–water partition coefficient (Wildman–Crippen LogP) is 3.28. The molecule has 0 aromatic heterocycles. The monoisotopic (exact) mass is 262 g/mol. The quantitative estimate of drug-likeness (QED) is 0.605. The van der Waals surface area contributed by atoms with Crippen molar-refractivity contribution in [2.24, 2.45) is 0 Å². The lowest BCUT2D eigenvalue weighted by atomic mass is 10.2. The van der Waals surface area contributed by atoms with E-state index in [2.05, 4.69) is 18.0 Å². The summed E-state index contributed by atoms with van der Waals surface area (Å²) in [6.07, 6.45) is 3.77. The van der Waals surface area contributed by atoms with Crippen molar-refractivity contribution in [2.75, 3.05) is 24.7 Å². The molecule has 0 aliphatic heterocycles. The molecule has 0 saturated heterocycles. The van der Waals surface area contributed by atoms with Crippen LogP contribution >= 0.6 is 11.8 Å². The van der Waals surface area contributed by atoms with Gasteiger partial charge in [-0.15, -0.1) is 18.3 Å². The van der Waals surface area contributed by atoms with Gasteiger partial charge in [-0.1, -0.05) is 12.1 Å². The molecular weight excluding hydrogens is 244 g/mol. The van der Waals surface area contributed by atoms with Crippen LogP contribution in [0.3, 0.4) is 0 Å². The summed E-state index contributed by atoms with van der Waals surface area (Å²) in [7, 11) is 0. The first kappa shape index (κ1) is 14.6. The van der Waals surface area contributed by atoms with Crippen molar-refractivity contribution < 1.29 is 4.74 Å². The maximum absolute atomic E-state index is 9.19. The summed E-state index contributed by atoms with van der Waals surface area (Å²) in [5.41, 5.74) is 1.55. The van der Waals surface area contributed by atoms with Crippen molar-refractivity contribution in [2.45, 2.75) is 17.9 Å². The predicted molar refractivity (Wildman–Crippen MR) is 77.0 cm³/mol. The minimum absolute atomic E-state index is 0.0764. The fourth-order valence-electron chi connectivity index (χ4n) is 1.51. The van der Waals surface area contributed by atoms with Gasteiger partial charge in [0.25, 0.3) is 0 Å². The second-order valence-corrected chi connectivity index (χ2v) is 4.66. The summed E-state index contributed by atoms with van der Waals surface area (Å²) in [5.74, 6) is 0. The van der Waals surface area contributed by atoms with Gasteiger partial charge >= 0.3 is 0 Å². The molecule has 3 nitrogen and oxygen atoms in total. The van der Waals surface area contributed by atoms with E-state index in [4.69, 9.17) is 4.74 Å². The Balaban J connectivity index is 2.67. The van der Waals surface area contributed by atoms with E-state index in [0.29, 0.717) is 18.7 Å².